The summed E-state index contributed by atoms with van der Waals surface area (Å²) >= 11 is 5.84. The van der Waals surface area contributed by atoms with Crippen molar-refractivity contribution in [3.8, 4) is 5.69 Å². The van der Waals surface area contributed by atoms with Gasteiger partial charge in [0.1, 0.15) is 12.6 Å². The quantitative estimate of drug-likeness (QED) is 0.374. The minimum Gasteiger partial charge on any atom is -0.375 e. The van der Waals surface area contributed by atoms with Gasteiger partial charge in [0, 0.05) is 42.3 Å². The highest BCUT2D eigenvalue weighted by atomic mass is 32.1. The number of carbonyl (C=O) groups is 1. The number of amides is 1. The second-order valence-corrected chi connectivity index (χ2v) is 8.55. The molecule has 1 aliphatic rings. The topological polar surface area (TPSA) is 71.4 Å². The summed E-state index contributed by atoms with van der Waals surface area (Å²) in [5, 5.41) is 6.94. The van der Waals surface area contributed by atoms with E-state index in [1.54, 1.807) is 6.20 Å². The highest BCUT2D eigenvalue weighted by Gasteiger charge is 2.42. The number of aromatic nitrogens is 2. The van der Waals surface area contributed by atoms with Gasteiger partial charge in [-0.15, -0.1) is 0 Å². The zero-order chi connectivity index (χ0) is 24.2. The van der Waals surface area contributed by atoms with E-state index >= 15 is 0 Å². The number of ether oxygens (including phenoxy) is 1. The fourth-order valence-electron chi connectivity index (χ4n) is 4.43. The number of carbonyl (C=O) groups excluding carboxylic acids is 1. The normalized spacial score (nSPS) is 17.3. The molecule has 7 nitrogen and oxygen atoms in total. The Morgan fingerprint density at radius 2 is 1.77 bits per heavy atom. The van der Waals surface area contributed by atoms with Crippen LogP contribution in [0.5, 0.6) is 0 Å². The van der Waals surface area contributed by atoms with Gasteiger partial charge >= 0.3 is 0 Å². The van der Waals surface area contributed by atoms with Crippen molar-refractivity contribution in [2.24, 2.45) is 0 Å². The monoisotopic (exact) mass is 483 g/mol. The van der Waals surface area contributed by atoms with E-state index in [4.69, 9.17) is 17.0 Å². The average Bonchev–Trinajstić information content (AvgIpc) is 3.50. The molecule has 0 unspecified atom stereocenters. The lowest BCUT2D eigenvalue weighted by molar-refractivity contribution is -0.119. The first kappa shape index (κ1) is 22.8. The number of thiocarbonyl (C=S) groups is 1. The lowest BCUT2D eigenvalue weighted by Crippen LogP contribution is -2.30. The minimum atomic E-state index is -0.201. The number of benzene rings is 2. The van der Waals surface area contributed by atoms with E-state index in [-0.39, 0.29) is 24.6 Å². The van der Waals surface area contributed by atoms with Crippen LogP contribution >= 0.6 is 12.2 Å². The lowest BCUT2D eigenvalue weighted by atomic mass is 10.0. The number of methoxy groups -OCH3 is 1. The molecule has 35 heavy (non-hydrogen) atoms. The molecule has 4 aromatic rings. The van der Waals surface area contributed by atoms with Crippen molar-refractivity contribution >= 4 is 34.6 Å². The fraction of sp³-hybridized carbons (Fsp3) is 0.148. The van der Waals surface area contributed by atoms with Crippen LogP contribution in [0, 0.1) is 0 Å². The smallest absolute Gasteiger partial charge is 0.250 e. The molecule has 0 saturated carbocycles. The second kappa shape index (κ2) is 10.1. The van der Waals surface area contributed by atoms with Gasteiger partial charge < -0.3 is 24.8 Å². The molecule has 5 rings (SSSR count). The largest absolute Gasteiger partial charge is 0.375 e. The number of anilines is 2. The van der Waals surface area contributed by atoms with Gasteiger partial charge in [-0.3, -0.25) is 9.78 Å². The summed E-state index contributed by atoms with van der Waals surface area (Å²) in [5.74, 6) is -0.201. The Morgan fingerprint density at radius 3 is 2.49 bits per heavy atom. The summed E-state index contributed by atoms with van der Waals surface area (Å²) in [5.41, 5.74) is 4.67. The Hall–Kier alpha value is -4.01. The Balaban J connectivity index is 1.55. The zero-order valence-corrected chi connectivity index (χ0v) is 20.0. The van der Waals surface area contributed by atoms with Crippen molar-refractivity contribution in [1.29, 1.82) is 0 Å². The molecule has 2 N–H and O–H groups in total. The number of hydrogen-bond donors (Lipinski definition) is 2. The maximum absolute atomic E-state index is 11.9. The molecule has 0 aliphatic carbocycles. The summed E-state index contributed by atoms with van der Waals surface area (Å²) in [6, 6.07) is 27.7. The lowest BCUT2D eigenvalue weighted by Gasteiger charge is -2.29. The van der Waals surface area contributed by atoms with E-state index in [2.05, 4.69) is 49.5 Å². The van der Waals surface area contributed by atoms with Gasteiger partial charge in [-0.05, 0) is 72.9 Å². The predicted molar refractivity (Wildman–Crippen MR) is 141 cm³/mol. The van der Waals surface area contributed by atoms with Crippen LogP contribution in [0.2, 0.25) is 0 Å². The summed E-state index contributed by atoms with van der Waals surface area (Å²) in [6.45, 7) is 0.00614. The molecule has 1 saturated heterocycles. The van der Waals surface area contributed by atoms with Crippen LogP contribution in [-0.4, -0.2) is 34.3 Å². The van der Waals surface area contributed by atoms with Crippen LogP contribution in [-0.2, 0) is 9.53 Å². The summed E-state index contributed by atoms with van der Waals surface area (Å²) in [4.78, 5) is 18.6. The van der Waals surface area contributed by atoms with Gasteiger partial charge in [0.05, 0.1) is 11.7 Å². The van der Waals surface area contributed by atoms with Crippen molar-refractivity contribution in [2.75, 3.05) is 23.9 Å². The van der Waals surface area contributed by atoms with E-state index in [1.807, 2.05) is 66.7 Å². The van der Waals surface area contributed by atoms with Crippen LogP contribution in [0.3, 0.4) is 0 Å². The molecule has 8 heteroatoms. The second-order valence-electron chi connectivity index (χ2n) is 8.16. The van der Waals surface area contributed by atoms with Crippen molar-refractivity contribution in [2.45, 2.75) is 12.1 Å². The van der Waals surface area contributed by atoms with E-state index in [9.17, 15) is 4.79 Å². The maximum Gasteiger partial charge on any atom is 0.250 e. The third-order valence-corrected chi connectivity index (χ3v) is 6.24. The van der Waals surface area contributed by atoms with Gasteiger partial charge in [0.2, 0.25) is 5.91 Å². The molecule has 3 heterocycles. The third kappa shape index (κ3) is 4.66. The van der Waals surface area contributed by atoms with Gasteiger partial charge in [-0.1, -0.05) is 24.3 Å². The van der Waals surface area contributed by atoms with Gasteiger partial charge in [0.25, 0.3) is 0 Å². The molecule has 1 amide bonds. The minimum absolute atomic E-state index is 0.00614. The molecule has 0 radical (unpaired) electrons. The first-order valence-electron chi connectivity index (χ1n) is 11.3. The van der Waals surface area contributed by atoms with Gasteiger partial charge in [0.15, 0.2) is 5.11 Å². The fourth-order valence-corrected chi connectivity index (χ4v) is 4.77. The summed E-state index contributed by atoms with van der Waals surface area (Å²) < 4.78 is 7.08. The van der Waals surface area contributed by atoms with E-state index in [1.165, 1.54) is 7.11 Å². The molecule has 1 aliphatic heterocycles. The molecule has 2 aromatic heterocycles. The van der Waals surface area contributed by atoms with E-state index in [0.717, 1.165) is 22.8 Å². The number of hydrogen-bond acceptors (Lipinski definition) is 4. The van der Waals surface area contributed by atoms with Crippen molar-refractivity contribution in [3.05, 3.63) is 109 Å². The van der Waals surface area contributed by atoms with Gasteiger partial charge in [-0.2, -0.15) is 0 Å². The van der Waals surface area contributed by atoms with Crippen LogP contribution in [0.1, 0.15) is 23.5 Å². The van der Waals surface area contributed by atoms with Crippen LogP contribution < -0.4 is 15.5 Å². The Kier molecular flexibility index (Phi) is 6.56. The standard InChI is InChI=1S/C27H25N5O2S/c1-34-18-24(33)29-19-12-14-21(15-13-19)32-26(25(30-27(32)35)22-10-5-6-16-28-22)23-11-7-17-31(23)20-8-3-2-4-9-20/h2-17,25-26H,18H2,1H3,(H,29,33)(H,30,35)/t25-,26+/m0/s1. The third-order valence-electron chi connectivity index (χ3n) is 5.92. The zero-order valence-electron chi connectivity index (χ0n) is 19.2. The Labute approximate surface area is 209 Å². The number of rotatable bonds is 7. The van der Waals surface area contributed by atoms with Crippen molar-refractivity contribution in [3.63, 3.8) is 0 Å². The Morgan fingerprint density at radius 1 is 1.00 bits per heavy atom. The molecule has 176 valence electrons. The summed E-state index contributed by atoms with van der Waals surface area (Å²) in [6.07, 6.45) is 3.86. The van der Waals surface area contributed by atoms with Crippen LogP contribution in [0.25, 0.3) is 5.69 Å². The first-order chi connectivity index (χ1) is 17.2. The number of nitrogens with zero attached hydrogens (tertiary/aromatic N) is 3. The molecule has 0 bridgehead atoms. The van der Waals surface area contributed by atoms with E-state index in [0.29, 0.717) is 10.8 Å². The molecule has 2 atom stereocenters. The van der Waals surface area contributed by atoms with E-state index < -0.39 is 0 Å². The number of pyridine rings is 1. The summed E-state index contributed by atoms with van der Waals surface area (Å²) in [7, 11) is 1.49. The highest BCUT2D eigenvalue weighted by Crippen LogP contribution is 2.42. The molecular formula is C27H25N5O2S. The SMILES string of the molecule is COCC(=O)Nc1ccc(N2C(=S)N[C@@H](c3ccccn3)[C@H]2c2cccn2-c2ccccc2)cc1. The molecule has 2 aromatic carbocycles. The Bertz CT molecular complexity index is 1310. The average molecular weight is 484 g/mol. The maximum atomic E-state index is 11.9. The van der Waals surface area contributed by atoms with Crippen molar-refractivity contribution < 1.29 is 9.53 Å². The van der Waals surface area contributed by atoms with Gasteiger partial charge in [-0.25, -0.2) is 0 Å². The van der Waals surface area contributed by atoms with Crippen molar-refractivity contribution in [1.82, 2.24) is 14.9 Å². The molecule has 1 fully saturated rings. The first-order valence-corrected chi connectivity index (χ1v) is 11.7. The predicted octanol–water partition coefficient (Wildman–Crippen LogP) is 4.63. The van der Waals surface area contributed by atoms with Crippen LogP contribution in [0.4, 0.5) is 11.4 Å². The molecular weight excluding hydrogens is 458 g/mol. The van der Waals surface area contributed by atoms with Crippen LogP contribution in [0.15, 0.2) is 97.3 Å². The number of para-hydroxylation sites is 1. The highest BCUT2D eigenvalue weighted by molar-refractivity contribution is 7.80. The molecule has 0 spiro atoms. The number of nitrogens with one attached hydrogen (secondary N) is 2.